The Balaban J connectivity index is 1.72. The highest BCUT2D eigenvalue weighted by Gasteiger charge is 2.07. The summed E-state index contributed by atoms with van der Waals surface area (Å²) in [4.78, 5) is 0. The first-order chi connectivity index (χ1) is 10.0. The first-order valence-corrected chi connectivity index (χ1v) is 7.11. The first-order valence-electron chi connectivity index (χ1n) is 7.11. The summed E-state index contributed by atoms with van der Waals surface area (Å²) in [6.07, 6.45) is 3.22. The summed E-state index contributed by atoms with van der Waals surface area (Å²) in [5.74, 6) is 0.835. The lowest BCUT2D eigenvalue weighted by molar-refractivity contribution is 0.106. The highest BCUT2D eigenvalue weighted by molar-refractivity contribution is 5.35. The van der Waals surface area contributed by atoms with Crippen molar-refractivity contribution in [3.8, 4) is 5.75 Å². The van der Waals surface area contributed by atoms with Gasteiger partial charge in [-0.15, -0.1) is 0 Å². The van der Waals surface area contributed by atoms with Crippen LogP contribution in [0.15, 0.2) is 30.6 Å². The van der Waals surface area contributed by atoms with E-state index >= 15 is 0 Å². The zero-order valence-corrected chi connectivity index (χ0v) is 12.8. The van der Waals surface area contributed by atoms with Gasteiger partial charge in [-0.1, -0.05) is 12.1 Å². The van der Waals surface area contributed by atoms with Crippen LogP contribution in [0.2, 0.25) is 0 Å². The average molecular weight is 289 g/mol. The quantitative estimate of drug-likeness (QED) is 0.812. The second kappa shape index (κ2) is 7.24. The average Bonchev–Trinajstić information content (AvgIpc) is 2.85. The molecule has 0 spiro atoms. The van der Waals surface area contributed by atoms with Crippen LogP contribution in [0.5, 0.6) is 5.75 Å². The van der Waals surface area contributed by atoms with Gasteiger partial charge in [0.25, 0.3) is 0 Å². The van der Waals surface area contributed by atoms with Crippen LogP contribution in [0.25, 0.3) is 0 Å². The van der Waals surface area contributed by atoms with Crippen molar-refractivity contribution < 1.29 is 9.84 Å². The Kier molecular flexibility index (Phi) is 5.36. The normalized spacial score (nSPS) is 12.4. The molecule has 5 heteroatoms. The molecule has 1 aromatic carbocycles. The predicted octanol–water partition coefficient (Wildman–Crippen LogP) is 1.57. The van der Waals surface area contributed by atoms with Crippen molar-refractivity contribution in [2.45, 2.75) is 26.5 Å². The molecule has 1 heterocycles. The third-order valence-corrected chi connectivity index (χ3v) is 3.24. The van der Waals surface area contributed by atoms with E-state index in [0.717, 1.165) is 22.4 Å². The van der Waals surface area contributed by atoms with Gasteiger partial charge in [0.15, 0.2) is 0 Å². The minimum atomic E-state index is -0.540. The molecule has 0 bridgehead atoms. The van der Waals surface area contributed by atoms with Gasteiger partial charge in [0.2, 0.25) is 0 Å². The van der Waals surface area contributed by atoms with E-state index in [0.29, 0.717) is 13.1 Å². The van der Waals surface area contributed by atoms with Gasteiger partial charge in [-0.3, -0.25) is 4.68 Å². The van der Waals surface area contributed by atoms with Crippen molar-refractivity contribution in [1.29, 1.82) is 0 Å². The number of benzene rings is 1. The van der Waals surface area contributed by atoms with Crippen LogP contribution in [0.1, 0.15) is 16.7 Å². The summed E-state index contributed by atoms with van der Waals surface area (Å²) in [5.41, 5.74) is 3.33. The maximum absolute atomic E-state index is 9.95. The molecule has 2 N–H and O–H groups in total. The Hall–Kier alpha value is -1.85. The van der Waals surface area contributed by atoms with Crippen molar-refractivity contribution in [3.63, 3.8) is 0 Å². The van der Waals surface area contributed by atoms with Crippen LogP contribution < -0.4 is 10.1 Å². The van der Waals surface area contributed by atoms with E-state index in [2.05, 4.69) is 10.4 Å². The van der Waals surface area contributed by atoms with E-state index in [1.165, 1.54) is 0 Å². The summed E-state index contributed by atoms with van der Waals surface area (Å²) in [5, 5.41) is 17.2. The van der Waals surface area contributed by atoms with Crippen LogP contribution in [-0.4, -0.2) is 34.1 Å². The van der Waals surface area contributed by atoms with Crippen LogP contribution in [0.4, 0.5) is 0 Å². The zero-order chi connectivity index (χ0) is 15.2. The van der Waals surface area contributed by atoms with Gasteiger partial charge in [-0.25, -0.2) is 0 Å². The van der Waals surface area contributed by atoms with Gasteiger partial charge in [0, 0.05) is 31.9 Å². The van der Waals surface area contributed by atoms with Crippen LogP contribution >= 0.6 is 0 Å². The Morgan fingerprint density at radius 3 is 2.90 bits per heavy atom. The maximum Gasteiger partial charge on any atom is 0.122 e. The van der Waals surface area contributed by atoms with Crippen molar-refractivity contribution in [2.24, 2.45) is 7.05 Å². The van der Waals surface area contributed by atoms with Crippen molar-refractivity contribution in [3.05, 3.63) is 47.3 Å². The van der Waals surface area contributed by atoms with E-state index in [1.54, 1.807) is 4.68 Å². The molecule has 5 nitrogen and oxygen atoms in total. The van der Waals surface area contributed by atoms with E-state index in [9.17, 15) is 5.11 Å². The Morgan fingerprint density at radius 1 is 1.38 bits per heavy atom. The maximum atomic E-state index is 9.95. The van der Waals surface area contributed by atoms with Gasteiger partial charge in [-0.2, -0.15) is 5.10 Å². The van der Waals surface area contributed by atoms with Crippen molar-refractivity contribution in [1.82, 2.24) is 15.1 Å². The molecule has 0 amide bonds. The molecule has 1 atom stereocenters. The molecule has 2 rings (SSSR count). The number of rotatable bonds is 7. The molecule has 0 aliphatic carbocycles. The molecule has 0 aliphatic rings. The number of hydrogen-bond donors (Lipinski definition) is 2. The van der Waals surface area contributed by atoms with Gasteiger partial charge in [-0.05, 0) is 31.0 Å². The Morgan fingerprint density at radius 2 is 2.19 bits per heavy atom. The van der Waals surface area contributed by atoms with Crippen molar-refractivity contribution in [2.75, 3.05) is 13.2 Å². The number of hydrogen-bond acceptors (Lipinski definition) is 4. The number of aliphatic hydroxyl groups is 1. The number of nitrogens with one attached hydrogen (secondary N) is 1. The third kappa shape index (κ3) is 4.88. The smallest absolute Gasteiger partial charge is 0.122 e. The molecule has 2 aromatic rings. The van der Waals surface area contributed by atoms with Gasteiger partial charge in [0.05, 0.1) is 6.20 Å². The summed E-state index contributed by atoms with van der Waals surface area (Å²) in [7, 11) is 1.89. The minimum Gasteiger partial charge on any atom is -0.491 e. The number of aromatic nitrogens is 2. The van der Waals surface area contributed by atoms with E-state index in [-0.39, 0.29) is 6.61 Å². The van der Waals surface area contributed by atoms with E-state index < -0.39 is 6.10 Å². The molecule has 0 saturated heterocycles. The first kappa shape index (κ1) is 15.5. The second-order valence-corrected chi connectivity index (χ2v) is 5.39. The lowest BCUT2D eigenvalue weighted by atomic mass is 10.1. The van der Waals surface area contributed by atoms with Gasteiger partial charge in [0.1, 0.15) is 18.5 Å². The lowest BCUT2D eigenvalue weighted by Crippen LogP contribution is -2.31. The van der Waals surface area contributed by atoms with Gasteiger partial charge >= 0.3 is 0 Å². The topological polar surface area (TPSA) is 59.3 Å². The Bertz CT molecular complexity index is 581. The molecule has 1 aromatic heterocycles. The highest BCUT2D eigenvalue weighted by atomic mass is 16.5. The van der Waals surface area contributed by atoms with Crippen LogP contribution in [-0.2, 0) is 13.6 Å². The van der Waals surface area contributed by atoms with E-state index in [4.69, 9.17) is 4.74 Å². The minimum absolute atomic E-state index is 0.282. The van der Waals surface area contributed by atoms with Crippen LogP contribution in [0.3, 0.4) is 0 Å². The summed E-state index contributed by atoms with van der Waals surface area (Å²) in [6, 6.07) is 6.07. The number of aryl methyl sites for hydroxylation is 3. The fourth-order valence-electron chi connectivity index (χ4n) is 2.05. The number of ether oxygens (including phenoxy) is 1. The monoisotopic (exact) mass is 289 g/mol. The fraction of sp³-hybridized carbons (Fsp3) is 0.438. The van der Waals surface area contributed by atoms with E-state index in [1.807, 2.05) is 51.5 Å². The summed E-state index contributed by atoms with van der Waals surface area (Å²) < 4.78 is 7.44. The molecule has 0 radical (unpaired) electrons. The summed E-state index contributed by atoms with van der Waals surface area (Å²) in [6.45, 7) is 5.48. The van der Waals surface area contributed by atoms with Crippen molar-refractivity contribution >= 4 is 0 Å². The summed E-state index contributed by atoms with van der Waals surface area (Å²) >= 11 is 0. The SMILES string of the molecule is Cc1ccc(C)c(OCC(O)CNCc2cnn(C)c2)c1. The second-order valence-electron chi connectivity index (χ2n) is 5.39. The lowest BCUT2D eigenvalue weighted by Gasteiger charge is -2.14. The molecule has 0 saturated carbocycles. The fourth-order valence-corrected chi connectivity index (χ4v) is 2.05. The molecule has 1 unspecified atom stereocenters. The largest absolute Gasteiger partial charge is 0.491 e. The molecular weight excluding hydrogens is 266 g/mol. The third-order valence-electron chi connectivity index (χ3n) is 3.24. The number of aliphatic hydroxyl groups excluding tert-OH is 1. The molecular formula is C16H23N3O2. The molecule has 0 aliphatic heterocycles. The number of nitrogens with zero attached hydrogens (tertiary/aromatic N) is 2. The molecule has 114 valence electrons. The predicted molar refractivity (Wildman–Crippen MR) is 82.3 cm³/mol. The standard InChI is InChI=1S/C16H23N3O2/c1-12-4-5-13(2)16(6-12)21-11-15(20)9-17-7-14-8-18-19(3)10-14/h4-6,8,10,15,17,20H,7,9,11H2,1-3H3. The van der Waals surface area contributed by atoms with Gasteiger partial charge < -0.3 is 15.2 Å². The Labute approximate surface area is 125 Å². The zero-order valence-electron chi connectivity index (χ0n) is 12.8. The van der Waals surface area contributed by atoms with Crippen LogP contribution in [0, 0.1) is 13.8 Å². The molecule has 0 fully saturated rings. The highest BCUT2D eigenvalue weighted by Crippen LogP contribution is 2.19. The molecule has 21 heavy (non-hydrogen) atoms.